The number of hydrogen-bond acceptors (Lipinski definition) is 2. The molecule has 0 bridgehead atoms. The Labute approximate surface area is 106 Å². The molecule has 17 heavy (non-hydrogen) atoms. The lowest BCUT2D eigenvalue weighted by atomic mass is 10.0. The van der Waals surface area contributed by atoms with Crippen molar-refractivity contribution < 1.29 is 0 Å². The molecule has 0 aliphatic rings. The zero-order valence-electron chi connectivity index (χ0n) is 11.3. The van der Waals surface area contributed by atoms with Crippen molar-refractivity contribution in [3.8, 4) is 0 Å². The Morgan fingerprint density at radius 3 is 2.41 bits per heavy atom. The maximum absolute atomic E-state index is 5.53. The first-order valence-corrected chi connectivity index (χ1v) is 6.76. The molecule has 0 fully saturated rings. The van der Waals surface area contributed by atoms with Crippen molar-refractivity contribution in [3.05, 3.63) is 34.9 Å². The molecule has 2 nitrogen and oxygen atoms in total. The average molecular weight is 234 g/mol. The minimum atomic E-state index is 0.805. The van der Waals surface area contributed by atoms with Gasteiger partial charge < -0.3 is 11.1 Å². The normalized spacial score (nSPS) is 10.8. The molecule has 0 aliphatic heterocycles. The van der Waals surface area contributed by atoms with Crippen LogP contribution in [0.3, 0.4) is 0 Å². The van der Waals surface area contributed by atoms with Crippen LogP contribution in [0, 0.1) is 6.92 Å². The summed E-state index contributed by atoms with van der Waals surface area (Å²) >= 11 is 0. The summed E-state index contributed by atoms with van der Waals surface area (Å²) in [6.45, 7) is 7.26. The van der Waals surface area contributed by atoms with Gasteiger partial charge >= 0.3 is 0 Å². The van der Waals surface area contributed by atoms with E-state index in [9.17, 15) is 0 Å². The van der Waals surface area contributed by atoms with Gasteiger partial charge in [-0.1, -0.05) is 30.7 Å². The van der Waals surface area contributed by atoms with Gasteiger partial charge in [-0.3, -0.25) is 0 Å². The quantitative estimate of drug-likeness (QED) is 0.678. The third-order valence-corrected chi connectivity index (χ3v) is 2.96. The van der Waals surface area contributed by atoms with Crippen LogP contribution in [0.5, 0.6) is 0 Å². The first-order chi connectivity index (χ1) is 8.26. The summed E-state index contributed by atoms with van der Waals surface area (Å²) < 4.78 is 0. The minimum absolute atomic E-state index is 0.805. The number of nitrogens with two attached hydrogens (primary N) is 1. The molecule has 0 aliphatic carbocycles. The van der Waals surface area contributed by atoms with Crippen molar-refractivity contribution in [2.75, 3.05) is 19.6 Å². The number of nitrogens with one attached hydrogen (secondary N) is 1. The largest absolute Gasteiger partial charge is 0.330 e. The molecule has 0 unspecified atom stereocenters. The summed E-state index contributed by atoms with van der Waals surface area (Å²) in [5.41, 5.74) is 9.82. The molecule has 0 amide bonds. The number of hydrogen-bond donors (Lipinski definition) is 2. The summed E-state index contributed by atoms with van der Waals surface area (Å²) in [5, 5.41) is 3.37. The fraction of sp³-hybridized carbons (Fsp3) is 0.600. The number of aryl methyl sites for hydroxylation is 2. The molecule has 0 radical (unpaired) electrons. The van der Waals surface area contributed by atoms with Gasteiger partial charge in [0.2, 0.25) is 0 Å². The SMILES string of the molecule is CCNCCc1cc(C)cc(CCCCN)c1. The molecule has 0 saturated carbocycles. The maximum Gasteiger partial charge on any atom is -0.000846 e. The van der Waals surface area contributed by atoms with Crippen molar-refractivity contribution in [1.82, 2.24) is 5.32 Å². The molecular formula is C15H26N2. The van der Waals surface area contributed by atoms with E-state index in [1.54, 1.807) is 0 Å². The standard InChI is InChI=1S/C15H26N2/c1-3-17-9-7-15-11-13(2)10-14(12-15)6-4-5-8-16/h10-12,17H,3-9,16H2,1-2H3. The topological polar surface area (TPSA) is 38.0 Å². The molecule has 0 atom stereocenters. The van der Waals surface area contributed by atoms with Crippen LogP contribution in [0.2, 0.25) is 0 Å². The van der Waals surface area contributed by atoms with Crippen LogP contribution in [0.1, 0.15) is 36.5 Å². The number of benzene rings is 1. The van der Waals surface area contributed by atoms with E-state index in [2.05, 4.69) is 37.4 Å². The fourth-order valence-corrected chi connectivity index (χ4v) is 2.12. The number of likely N-dealkylation sites (N-methyl/N-ethyl adjacent to an activating group) is 1. The summed E-state index contributed by atoms with van der Waals surface area (Å²) in [6.07, 6.45) is 4.61. The second-order valence-corrected chi connectivity index (χ2v) is 4.68. The Hall–Kier alpha value is -0.860. The third-order valence-electron chi connectivity index (χ3n) is 2.96. The van der Waals surface area contributed by atoms with Crippen molar-refractivity contribution in [3.63, 3.8) is 0 Å². The molecule has 3 N–H and O–H groups in total. The Bertz CT molecular complexity index is 292. The predicted octanol–water partition coefficient (Wildman–Crippen LogP) is 2.43. The lowest BCUT2D eigenvalue weighted by Crippen LogP contribution is -2.16. The lowest BCUT2D eigenvalue weighted by Gasteiger charge is -2.08. The zero-order chi connectivity index (χ0) is 12.5. The molecule has 1 aromatic rings. The molecule has 1 aromatic carbocycles. The minimum Gasteiger partial charge on any atom is -0.330 e. The monoisotopic (exact) mass is 234 g/mol. The van der Waals surface area contributed by atoms with E-state index < -0.39 is 0 Å². The van der Waals surface area contributed by atoms with Crippen LogP contribution in [0.15, 0.2) is 18.2 Å². The van der Waals surface area contributed by atoms with Crippen LogP contribution in [0.4, 0.5) is 0 Å². The van der Waals surface area contributed by atoms with Gasteiger partial charge in [0.05, 0.1) is 0 Å². The number of rotatable bonds is 8. The highest BCUT2D eigenvalue weighted by Gasteiger charge is 1.99. The Balaban J connectivity index is 2.53. The highest BCUT2D eigenvalue weighted by atomic mass is 14.8. The van der Waals surface area contributed by atoms with Crippen LogP contribution >= 0.6 is 0 Å². The van der Waals surface area contributed by atoms with Crippen molar-refractivity contribution in [1.29, 1.82) is 0 Å². The second kappa shape index (κ2) is 8.26. The van der Waals surface area contributed by atoms with E-state index in [1.807, 2.05) is 0 Å². The van der Waals surface area contributed by atoms with Gasteiger partial charge in [-0.2, -0.15) is 0 Å². The van der Waals surface area contributed by atoms with Crippen molar-refractivity contribution in [2.45, 2.75) is 39.5 Å². The van der Waals surface area contributed by atoms with Crippen LogP contribution in [-0.4, -0.2) is 19.6 Å². The van der Waals surface area contributed by atoms with Crippen LogP contribution in [-0.2, 0) is 12.8 Å². The van der Waals surface area contributed by atoms with E-state index in [0.717, 1.165) is 38.9 Å². The van der Waals surface area contributed by atoms with E-state index in [0.29, 0.717) is 0 Å². The first-order valence-electron chi connectivity index (χ1n) is 6.76. The molecule has 96 valence electrons. The van der Waals surface area contributed by atoms with E-state index in [1.165, 1.54) is 23.1 Å². The first kappa shape index (κ1) is 14.2. The molecule has 2 heteroatoms. The van der Waals surface area contributed by atoms with Gasteiger partial charge in [0.15, 0.2) is 0 Å². The van der Waals surface area contributed by atoms with Gasteiger partial charge in [0.1, 0.15) is 0 Å². The van der Waals surface area contributed by atoms with Crippen LogP contribution in [0.25, 0.3) is 0 Å². The highest BCUT2D eigenvalue weighted by Crippen LogP contribution is 2.12. The third kappa shape index (κ3) is 5.85. The van der Waals surface area contributed by atoms with E-state index in [-0.39, 0.29) is 0 Å². The molecular weight excluding hydrogens is 208 g/mol. The maximum atomic E-state index is 5.53. The van der Waals surface area contributed by atoms with Crippen molar-refractivity contribution >= 4 is 0 Å². The van der Waals surface area contributed by atoms with Gasteiger partial charge in [0.25, 0.3) is 0 Å². The van der Waals surface area contributed by atoms with Gasteiger partial charge in [-0.25, -0.2) is 0 Å². The highest BCUT2D eigenvalue weighted by molar-refractivity contribution is 5.29. The summed E-state index contributed by atoms with van der Waals surface area (Å²) in [6, 6.07) is 6.94. The van der Waals surface area contributed by atoms with E-state index in [4.69, 9.17) is 5.73 Å². The zero-order valence-corrected chi connectivity index (χ0v) is 11.3. The van der Waals surface area contributed by atoms with Gasteiger partial charge in [0, 0.05) is 0 Å². The van der Waals surface area contributed by atoms with Crippen molar-refractivity contribution in [2.24, 2.45) is 5.73 Å². The lowest BCUT2D eigenvalue weighted by molar-refractivity contribution is 0.714. The second-order valence-electron chi connectivity index (χ2n) is 4.68. The molecule has 0 spiro atoms. The smallest absolute Gasteiger partial charge is 0.000846 e. The Morgan fingerprint density at radius 1 is 1.06 bits per heavy atom. The van der Waals surface area contributed by atoms with Gasteiger partial charge in [-0.15, -0.1) is 0 Å². The van der Waals surface area contributed by atoms with Crippen LogP contribution < -0.4 is 11.1 Å². The summed E-state index contributed by atoms with van der Waals surface area (Å²) in [5.74, 6) is 0. The molecule has 0 saturated heterocycles. The average Bonchev–Trinajstić information content (AvgIpc) is 2.29. The molecule has 1 rings (SSSR count). The number of unbranched alkanes of at least 4 members (excludes halogenated alkanes) is 1. The van der Waals surface area contributed by atoms with E-state index >= 15 is 0 Å². The summed E-state index contributed by atoms with van der Waals surface area (Å²) in [4.78, 5) is 0. The molecule has 0 aromatic heterocycles. The summed E-state index contributed by atoms with van der Waals surface area (Å²) in [7, 11) is 0. The fourth-order valence-electron chi connectivity index (χ4n) is 2.12. The van der Waals surface area contributed by atoms with Gasteiger partial charge in [-0.05, 0) is 63.4 Å². The molecule has 0 heterocycles. The Kier molecular flexibility index (Phi) is 6.90. The predicted molar refractivity (Wildman–Crippen MR) is 75.4 cm³/mol. The Morgan fingerprint density at radius 2 is 1.76 bits per heavy atom.